The Labute approximate surface area is 105 Å². The van der Waals surface area contributed by atoms with Gasteiger partial charge < -0.3 is 15.2 Å². The molecule has 2 rings (SSSR count). The quantitative estimate of drug-likeness (QED) is 0.815. The molecule has 0 amide bonds. The highest BCUT2D eigenvalue weighted by atomic mass is 19.1. The molecule has 0 saturated heterocycles. The number of aromatic hydroxyl groups is 1. The predicted molar refractivity (Wildman–Crippen MR) is 68.4 cm³/mol. The van der Waals surface area contributed by atoms with Crippen LogP contribution in [-0.4, -0.2) is 12.2 Å². The van der Waals surface area contributed by atoms with Crippen LogP contribution in [0.15, 0.2) is 42.5 Å². The van der Waals surface area contributed by atoms with Crippen molar-refractivity contribution >= 4 is 5.69 Å². The van der Waals surface area contributed by atoms with Gasteiger partial charge in [0.05, 0.1) is 7.11 Å². The number of rotatable bonds is 4. The second-order valence-corrected chi connectivity index (χ2v) is 3.83. The largest absolute Gasteiger partial charge is 0.505 e. The summed E-state index contributed by atoms with van der Waals surface area (Å²) in [5.74, 6) is -0.206. The summed E-state index contributed by atoms with van der Waals surface area (Å²) < 4.78 is 18.4. The number of phenols is 1. The van der Waals surface area contributed by atoms with Crippen LogP contribution in [0.25, 0.3) is 0 Å². The lowest BCUT2D eigenvalue weighted by Gasteiger charge is -2.10. The first-order valence-electron chi connectivity index (χ1n) is 5.55. The smallest absolute Gasteiger partial charge is 0.166 e. The van der Waals surface area contributed by atoms with Gasteiger partial charge in [0.15, 0.2) is 11.6 Å². The molecular weight excluding hydrogens is 233 g/mol. The second kappa shape index (κ2) is 5.40. The van der Waals surface area contributed by atoms with E-state index in [-0.39, 0.29) is 5.75 Å². The molecule has 94 valence electrons. The van der Waals surface area contributed by atoms with Crippen molar-refractivity contribution in [2.75, 3.05) is 12.4 Å². The summed E-state index contributed by atoms with van der Waals surface area (Å²) in [7, 11) is 1.61. The highest BCUT2D eigenvalue weighted by Gasteiger charge is 2.03. The van der Waals surface area contributed by atoms with E-state index in [2.05, 4.69) is 5.32 Å². The maximum Gasteiger partial charge on any atom is 0.166 e. The van der Waals surface area contributed by atoms with E-state index in [1.165, 1.54) is 12.1 Å². The lowest BCUT2D eigenvalue weighted by atomic mass is 10.2. The normalized spacial score (nSPS) is 10.1. The second-order valence-electron chi connectivity index (χ2n) is 3.83. The van der Waals surface area contributed by atoms with Crippen LogP contribution in [0.4, 0.5) is 10.1 Å². The van der Waals surface area contributed by atoms with Crippen LogP contribution in [0.2, 0.25) is 0 Å². The lowest BCUT2D eigenvalue weighted by Crippen LogP contribution is -2.01. The molecule has 0 fully saturated rings. The standard InChI is InChI=1S/C14H14FNO2/c1-18-14-5-3-2-4-10(14)9-16-11-6-7-13(17)12(15)8-11/h2-8,16-17H,9H2,1H3. The Kier molecular flexibility index (Phi) is 3.67. The molecule has 3 nitrogen and oxygen atoms in total. The molecule has 0 aliphatic heterocycles. The molecule has 0 atom stereocenters. The third-order valence-electron chi connectivity index (χ3n) is 2.62. The molecule has 4 heteroatoms. The number of nitrogens with one attached hydrogen (secondary N) is 1. The van der Waals surface area contributed by atoms with Gasteiger partial charge >= 0.3 is 0 Å². The van der Waals surface area contributed by atoms with Gasteiger partial charge in [0, 0.05) is 23.9 Å². The Morgan fingerprint density at radius 3 is 2.72 bits per heavy atom. The van der Waals surface area contributed by atoms with E-state index in [4.69, 9.17) is 9.84 Å². The Hall–Kier alpha value is -2.23. The summed E-state index contributed by atoms with van der Waals surface area (Å²) in [5.41, 5.74) is 1.59. The van der Waals surface area contributed by atoms with Gasteiger partial charge in [-0.2, -0.15) is 0 Å². The highest BCUT2D eigenvalue weighted by molar-refractivity contribution is 5.48. The molecule has 0 spiro atoms. The number of phenolic OH excluding ortho intramolecular Hbond substituents is 1. The van der Waals surface area contributed by atoms with E-state index in [0.29, 0.717) is 12.2 Å². The average Bonchev–Trinajstić information content (AvgIpc) is 2.40. The van der Waals surface area contributed by atoms with Crippen molar-refractivity contribution in [2.45, 2.75) is 6.54 Å². The molecule has 0 heterocycles. The van der Waals surface area contributed by atoms with Gasteiger partial charge in [0.1, 0.15) is 5.75 Å². The summed E-state index contributed by atoms with van der Waals surface area (Å²) in [6, 6.07) is 11.8. The molecule has 2 aromatic rings. The number of benzene rings is 2. The molecule has 0 aromatic heterocycles. The topological polar surface area (TPSA) is 41.5 Å². The Morgan fingerprint density at radius 2 is 2.00 bits per heavy atom. The van der Waals surface area contributed by atoms with Crippen LogP contribution in [0.3, 0.4) is 0 Å². The molecule has 2 aromatic carbocycles. The summed E-state index contributed by atoms with van der Waals surface area (Å²) in [6.07, 6.45) is 0. The number of methoxy groups -OCH3 is 1. The summed E-state index contributed by atoms with van der Waals surface area (Å²) in [6.45, 7) is 0.522. The van der Waals surface area contributed by atoms with Gasteiger partial charge in [-0.3, -0.25) is 0 Å². The molecule has 0 saturated carbocycles. The van der Waals surface area contributed by atoms with Crippen LogP contribution < -0.4 is 10.1 Å². The van der Waals surface area contributed by atoms with Gasteiger partial charge in [0.25, 0.3) is 0 Å². The molecule has 0 unspecified atom stereocenters. The fourth-order valence-electron chi connectivity index (χ4n) is 1.66. The number of para-hydroxylation sites is 1. The third-order valence-corrected chi connectivity index (χ3v) is 2.62. The maximum atomic E-state index is 13.1. The molecule has 0 radical (unpaired) electrons. The number of anilines is 1. The average molecular weight is 247 g/mol. The van der Waals surface area contributed by atoms with Gasteiger partial charge in [-0.1, -0.05) is 18.2 Å². The Balaban J connectivity index is 2.09. The minimum Gasteiger partial charge on any atom is -0.505 e. The monoisotopic (exact) mass is 247 g/mol. The van der Waals surface area contributed by atoms with Crippen molar-refractivity contribution < 1.29 is 14.2 Å². The van der Waals surface area contributed by atoms with Gasteiger partial charge in [-0.15, -0.1) is 0 Å². The molecule has 0 bridgehead atoms. The van der Waals surface area contributed by atoms with Crippen molar-refractivity contribution in [3.8, 4) is 11.5 Å². The van der Waals surface area contributed by atoms with E-state index in [0.717, 1.165) is 11.3 Å². The fraction of sp³-hybridized carbons (Fsp3) is 0.143. The Morgan fingerprint density at radius 1 is 1.22 bits per heavy atom. The van der Waals surface area contributed by atoms with E-state index in [1.54, 1.807) is 13.2 Å². The molecule has 2 N–H and O–H groups in total. The zero-order chi connectivity index (χ0) is 13.0. The van der Waals surface area contributed by atoms with Crippen LogP contribution >= 0.6 is 0 Å². The van der Waals surface area contributed by atoms with Crippen molar-refractivity contribution in [1.82, 2.24) is 0 Å². The number of ether oxygens (including phenoxy) is 1. The maximum absolute atomic E-state index is 13.1. The van der Waals surface area contributed by atoms with Gasteiger partial charge in [0.2, 0.25) is 0 Å². The Bertz CT molecular complexity index is 543. The SMILES string of the molecule is COc1ccccc1CNc1ccc(O)c(F)c1. The molecule has 0 aliphatic rings. The van der Waals surface area contributed by atoms with Gasteiger partial charge in [-0.25, -0.2) is 4.39 Å². The van der Waals surface area contributed by atoms with Crippen LogP contribution in [0.1, 0.15) is 5.56 Å². The first-order valence-corrected chi connectivity index (χ1v) is 5.55. The van der Waals surface area contributed by atoms with Gasteiger partial charge in [-0.05, 0) is 18.2 Å². The number of hydrogen-bond donors (Lipinski definition) is 2. The summed E-state index contributed by atoms with van der Waals surface area (Å²) >= 11 is 0. The lowest BCUT2D eigenvalue weighted by molar-refractivity contribution is 0.410. The first kappa shape index (κ1) is 12.2. The summed E-state index contributed by atoms with van der Waals surface area (Å²) in [5, 5.41) is 12.2. The minimum atomic E-state index is -0.639. The van der Waals surface area contributed by atoms with Crippen molar-refractivity contribution in [3.05, 3.63) is 53.8 Å². The van der Waals surface area contributed by atoms with E-state index in [9.17, 15) is 4.39 Å². The van der Waals surface area contributed by atoms with Crippen LogP contribution in [0, 0.1) is 5.82 Å². The number of hydrogen-bond acceptors (Lipinski definition) is 3. The third kappa shape index (κ3) is 2.71. The predicted octanol–water partition coefficient (Wildman–Crippen LogP) is 3.15. The first-order chi connectivity index (χ1) is 8.70. The van der Waals surface area contributed by atoms with Crippen molar-refractivity contribution in [2.24, 2.45) is 0 Å². The van der Waals surface area contributed by atoms with E-state index >= 15 is 0 Å². The molecular formula is C14H14FNO2. The van der Waals surface area contributed by atoms with Crippen molar-refractivity contribution in [3.63, 3.8) is 0 Å². The van der Waals surface area contributed by atoms with E-state index in [1.807, 2.05) is 24.3 Å². The zero-order valence-electron chi connectivity index (χ0n) is 9.98. The van der Waals surface area contributed by atoms with Crippen molar-refractivity contribution in [1.29, 1.82) is 0 Å². The highest BCUT2D eigenvalue weighted by Crippen LogP contribution is 2.22. The fourth-order valence-corrected chi connectivity index (χ4v) is 1.66. The van der Waals surface area contributed by atoms with Crippen LogP contribution in [-0.2, 0) is 6.54 Å². The zero-order valence-corrected chi connectivity index (χ0v) is 9.98. The van der Waals surface area contributed by atoms with E-state index < -0.39 is 5.82 Å². The number of halogens is 1. The summed E-state index contributed by atoms with van der Waals surface area (Å²) in [4.78, 5) is 0. The minimum absolute atomic E-state index is 0.349. The van der Waals surface area contributed by atoms with Crippen LogP contribution in [0.5, 0.6) is 11.5 Å². The molecule has 0 aliphatic carbocycles. The molecule has 18 heavy (non-hydrogen) atoms.